The molecule has 0 spiro atoms. The largest absolute Gasteiger partial charge is 0.481 e. The maximum Gasteiger partial charge on any atom is 0.320 e. The Morgan fingerprint density at radius 1 is 1.33 bits per heavy atom. The SMILES string of the molecule is O=C(O)CC[C@H](NC(Cl)(Cl)CCl)C(=O)O. The molecular weight excluding hydrogens is 268 g/mol. The van der Waals surface area contributed by atoms with Crippen LogP contribution in [0.15, 0.2) is 0 Å². The van der Waals surface area contributed by atoms with Crippen LogP contribution in [0.3, 0.4) is 0 Å². The van der Waals surface area contributed by atoms with Crippen LogP contribution in [-0.2, 0) is 9.59 Å². The van der Waals surface area contributed by atoms with Crippen LogP contribution in [0, 0.1) is 0 Å². The van der Waals surface area contributed by atoms with Gasteiger partial charge in [-0.25, -0.2) is 0 Å². The lowest BCUT2D eigenvalue weighted by molar-refractivity contribution is -0.140. The molecule has 0 saturated carbocycles. The third-order valence-electron chi connectivity index (χ3n) is 1.50. The van der Waals surface area contributed by atoms with Gasteiger partial charge in [0.15, 0.2) is 4.46 Å². The number of carboxylic acids is 2. The molecule has 0 bridgehead atoms. The summed E-state index contributed by atoms with van der Waals surface area (Å²) >= 11 is 16.5. The van der Waals surface area contributed by atoms with Crippen molar-refractivity contribution in [3.05, 3.63) is 0 Å². The lowest BCUT2D eigenvalue weighted by atomic mass is 10.1. The zero-order chi connectivity index (χ0) is 12.1. The van der Waals surface area contributed by atoms with E-state index in [0.717, 1.165) is 0 Å². The molecule has 3 N–H and O–H groups in total. The first-order valence-corrected chi connectivity index (χ1v) is 5.23. The summed E-state index contributed by atoms with van der Waals surface area (Å²) in [5, 5.41) is 19.4. The molecule has 0 heterocycles. The molecule has 88 valence electrons. The van der Waals surface area contributed by atoms with E-state index in [4.69, 9.17) is 45.0 Å². The molecule has 0 fully saturated rings. The van der Waals surface area contributed by atoms with E-state index >= 15 is 0 Å². The molecule has 0 aromatic carbocycles. The van der Waals surface area contributed by atoms with Crippen LogP contribution in [0.5, 0.6) is 0 Å². The van der Waals surface area contributed by atoms with Gasteiger partial charge in [0.1, 0.15) is 6.04 Å². The van der Waals surface area contributed by atoms with Crippen LogP contribution in [0.25, 0.3) is 0 Å². The molecule has 5 nitrogen and oxygen atoms in total. The lowest BCUT2D eigenvalue weighted by Crippen LogP contribution is -2.47. The fourth-order valence-corrected chi connectivity index (χ4v) is 1.16. The number of hydrogen-bond donors (Lipinski definition) is 3. The number of alkyl halides is 3. The van der Waals surface area contributed by atoms with Gasteiger partial charge in [0, 0.05) is 6.42 Å². The van der Waals surface area contributed by atoms with Gasteiger partial charge in [-0.3, -0.25) is 14.9 Å². The van der Waals surface area contributed by atoms with Crippen LogP contribution in [-0.4, -0.2) is 38.5 Å². The van der Waals surface area contributed by atoms with Crippen molar-refractivity contribution >= 4 is 46.7 Å². The van der Waals surface area contributed by atoms with E-state index in [1.807, 2.05) is 0 Å². The molecule has 0 radical (unpaired) electrons. The predicted octanol–water partition coefficient (Wildman–Crippen LogP) is 1.26. The highest BCUT2D eigenvalue weighted by Crippen LogP contribution is 2.20. The van der Waals surface area contributed by atoms with Crippen molar-refractivity contribution in [1.29, 1.82) is 0 Å². The maximum atomic E-state index is 10.7. The summed E-state index contributed by atoms with van der Waals surface area (Å²) in [4.78, 5) is 20.9. The normalized spacial score (nSPS) is 13.5. The van der Waals surface area contributed by atoms with Crippen molar-refractivity contribution in [2.75, 3.05) is 5.88 Å². The first kappa shape index (κ1) is 14.8. The number of aliphatic carboxylic acids is 2. The first-order valence-electron chi connectivity index (χ1n) is 3.94. The van der Waals surface area contributed by atoms with Gasteiger partial charge >= 0.3 is 11.9 Å². The van der Waals surface area contributed by atoms with Crippen molar-refractivity contribution < 1.29 is 19.8 Å². The fourth-order valence-electron chi connectivity index (χ4n) is 0.819. The molecule has 0 amide bonds. The third-order valence-corrected chi connectivity index (χ3v) is 2.66. The molecule has 0 aliphatic rings. The zero-order valence-corrected chi connectivity index (χ0v) is 9.81. The second kappa shape index (κ2) is 6.37. The maximum absolute atomic E-state index is 10.7. The molecule has 1 atom stereocenters. The monoisotopic (exact) mass is 277 g/mol. The van der Waals surface area contributed by atoms with Crippen LogP contribution in [0.1, 0.15) is 12.8 Å². The molecule has 0 rings (SSSR count). The molecule has 8 heteroatoms. The minimum Gasteiger partial charge on any atom is -0.481 e. The van der Waals surface area contributed by atoms with Crippen molar-refractivity contribution in [3.8, 4) is 0 Å². The standard InChI is InChI=1S/C7H10Cl3NO4/c8-3-7(9,10)11-4(6(14)15)1-2-5(12)13/h4,11H,1-3H2,(H,12,13)(H,14,15)/t4-/m0/s1. The van der Waals surface area contributed by atoms with Crippen LogP contribution in [0.2, 0.25) is 0 Å². The predicted molar refractivity (Wildman–Crippen MR) is 56.6 cm³/mol. The molecular formula is C7H10Cl3NO4. The number of carboxylic acid groups (broad SMARTS) is 2. The van der Waals surface area contributed by atoms with Gasteiger partial charge in [0.05, 0.1) is 5.88 Å². The molecule has 0 unspecified atom stereocenters. The molecule has 0 aromatic rings. The molecule has 0 aliphatic heterocycles. The topological polar surface area (TPSA) is 86.6 Å². The van der Waals surface area contributed by atoms with Gasteiger partial charge < -0.3 is 10.2 Å². The minimum atomic E-state index is -1.58. The second-order valence-electron chi connectivity index (χ2n) is 2.81. The highest BCUT2D eigenvalue weighted by atomic mass is 35.5. The van der Waals surface area contributed by atoms with Gasteiger partial charge in [0.2, 0.25) is 0 Å². The van der Waals surface area contributed by atoms with Crippen LogP contribution >= 0.6 is 34.8 Å². The second-order valence-corrected chi connectivity index (χ2v) is 4.56. The van der Waals surface area contributed by atoms with Gasteiger partial charge in [-0.15, -0.1) is 11.6 Å². The number of halogens is 3. The Morgan fingerprint density at radius 2 is 1.87 bits per heavy atom. The summed E-state index contributed by atoms with van der Waals surface area (Å²) in [7, 11) is 0. The summed E-state index contributed by atoms with van der Waals surface area (Å²) in [6.45, 7) is 0. The number of rotatable bonds is 7. The summed E-state index contributed by atoms with van der Waals surface area (Å²) in [6.07, 6.45) is -0.418. The van der Waals surface area contributed by atoms with E-state index in [1.165, 1.54) is 0 Å². The third kappa shape index (κ3) is 6.78. The highest BCUT2D eigenvalue weighted by Gasteiger charge is 2.30. The Kier molecular flexibility index (Phi) is 6.28. The first-order chi connectivity index (χ1) is 6.78. The van der Waals surface area contributed by atoms with Gasteiger partial charge in [0.25, 0.3) is 0 Å². The Balaban J connectivity index is 4.28. The van der Waals surface area contributed by atoms with Gasteiger partial charge in [-0.2, -0.15) is 0 Å². The van der Waals surface area contributed by atoms with Crippen molar-refractivity contribution in [2.45, 2.75) is 23.3 Å². The summed E-state index contributed by atoms with van der Waals surface area (Å²) < 4.78 is -1.58. The smallest absolute Gasteiger partial charge is 0.320 e. The number of nitrogens with one attached hydrogen (secondary N) is 1. The number of carbonyl (C=O) groups is 2. The quantitative estimate of drug-likeness (QED) is 0.482. The Hall–Kier alpha value is -0.230. The van der Waals surface area contributed by atoms with Gasteiger partial charge in [-0.05, 0) is 6.42 Å². The van der Waals surface area contributed by atoms with Crippen LogP contribution < -0.4 is 5.32 Å². The van der Waals surface area contributed by atoms with E-state index in [-0.39, 0.29) is 18.7 Å². The van der Waals surface area contributed by atoms with Crippen molar-refractivity contribution in [1.82, 2.24) is 5.32 Å². The average molecular weight is 279 g/mol. The van der Waals surface area contributed by atoms with E-state index in [0.29, 0.717) is 0 Å². The zero-order valence-electron chi connectivity index (χ0n) is 7.54. The molecule has 0 aromatic heterocycles. The Labute approximate surface area is 101 Å². The van der Waals surface area contributed by atoms with E-state index in [9.17, 15) is 9.59 Å². The van der Waals surface area contributed by atoms with Crippen molar-refractivity contribution in [2.24, 2.45) is 0 Å². The number of hydrogen-bond acceptors (Lipinski definition) is 3. The minimum absolute atomic E-state index is 0.122. The summed E-state index contributed by atoms with van der Waals surface area (Å²) in [5.74, 6) is -2.54. The Morgan fingerprint density at radius 3 is 2.20 bits per heavy atom. The summed E-state index contributed by atoms with van der Waals surface area (Å²) in [6, 6.07) is -1.14. The van der Waals surface area contributed by atoms with Crippen molar-refractivity contribution in [3.63, 3.8) is 0 Å². The molecule has 0 aliphatic carbocycles. The van der Waals surface area contributed by atoms with E-state index in [2.05, 4.69) is 5.32 Å². The fraction of sp³-hybridized carbons (Fsp3) is 0.714. The molecule has 15 heavy (non-hydrogen) atoms. The van der Waals surface area contributed by atoms with Crippen LogP contribution in [0.4, 0.5) is 0 Å². The average Bonchev–Trinajstić information content (AvgIpc) is 2.11. The summed E-state index contributed by atoms with van der Waals surface area (Å²) in [5.41, 5.74) is 0. The lowest BCUT2D eigenvalue weighted by Gasteiger charge is -2.23. The van der Waals surface area contributed by atoms with Gasteiger partial charge in [-0.1, -0.05) is 23.2 Å². The van der Waals surface area contributed by atoms with E-state index < -0.39 is 22.4 Å². The highest BCUT2D eigenvalue weighted by molar-refractivity contribution is 6.51. The Bertz CT molecular complexity index is 246. The molecule has 0 saturated heterocycles. The van der Waals surface area contributed by atoms with E-state index in [1.54, 1.807) is 0 Å².